The molecule has 2 amide bonds. The molecule has 12 heteroatoms. The van der Waals surface area contributed by atoms with Gasteiger partial charge in [-0.25, -0.2) is 4.39 Å². The molecule has 6 rings (SSSR count). The Morgan fingerprint density at radius 3 is 1.30 bits per heavy atom. The average molecular weight is 880 g/mol. The van der Waals surface area contributed by atoms with Crippen LogP contribution in [0.2, 0.25) is 0 Å². The summed E-state index contributed by atoms with van der Waals surface area (Å²) in [4.78, 5) is 85.4. The summed E-state index contributed by atoms with van der Waals surface area (Å²) >= 11 is 0. The van der Waals surface area contributed by atoms with Crippen molar-refractivity contribution in [2.45, 2.75) is 130 Å². The van der Waals surface area contributed by atoms with Gasteiger partial charge in [-0.1, -0.05) is 90.1 Å². The van der Waals surface area contributed by atoms with Gasteiger partial charge in [-0.05, 0) is 95.9 Å². The van der Waals surface area contributed by atoms with Gasteiger partial charge in [-0.2, -0.15) is 0 Å². The number of nitrogens with zero attached hydrogens (tertiary/aromatic N) is 3. The van der Waals surface area contributed by atoms with Crippen LogP contribution in [0.25, 0.3) is 0 Å². The van der Waals surface area contributed by atoms with E-state index in [1.165, 1.54) is 26.4 Å². The highest BCUT2D eigenvalue weighted by Crippen LogP contribution is 2.47. The van der Waals surface area contributed by atoms with Gasteiger partial charge in [0.25, 0.3) is 0 Å². The number of Topliss-reactive ketones (excluding diaryl/α,β-unsaturated/α-hetero) is 2. The maximum absolute atomic E-state index is 14.2. The molecular weight excluding hydrogens is 814 g/mol. The van der Waals surface area contributed by atoms with Crippen LogP contribution in [-0.4, -0.2) is 84.5 Å². The number of anilines is 1. The van der Waals surface area contributed by atoms with Crippen LogP contribution >= 0.6 is 0 Å². The molecule has 3 aliphatic rings. The lowest BCUT2D eigenvalue weighted by atomic mass is 9.77. The van der Waals surface area contributed by atoms with Crippen LogP contribution < -0.4 is 4.90 Å². The number of ketones is 2. The number of methoxy groups -OCH3 is 2. The topological polar surface area (TPSA) is 131 Å². The number of halogens is 1. The van der Waals surface area contributed by atoms with Gasteiger partial charge in [0.2, 0.25) is 11.8 Å². The lowest BCUT2D eigenvalue weighted by Gasteiger charge is -2.34. The highest BCUT2D eigenvalue weighted by molar-refractivity contribution is 5.94. The number of rotatable bonds is 15. The molecule has 0 radical (unpaired) electrons. The van der Waals surface area contributed by atoms with E-state index >= 15 is 0 Å². The van der Waals surface area contributed by atoms with Gasteiger partial charge in [0.15, 0.2) is 11.6 Å². The normalized spacial score (nSPS) is 21.1. The van der Waals surface area contributed by atoms with Gasteiger partial charge in [0.1, 0.15) is 5.82 Å². The summed E-state index contributed by atoms with van der Waals surface area (Å²) in [7, 11) is 2.63. The van der Waals surface area contributed by atoms with E-state index in [1.54, 1.807) is 21.9 Å². The van der Waals surface area contributed by atoms with Crippen molar-refractivity contribution in [3.05, 3.63) is 101 Å². The summed E-state index contributed by atoms with van der Waals surface area (Å²) in [6, 6.07) is 21.5. The van der Waals surface area contributed by atoms with E-state index in [2.05, 4.69) is 29.2 Å². The summed E-state index contributed by atoms with van der Waals surface area (Å²) < 4.78 is 24.0. The van der Waals surface area contributed by atoms with Crippen molar-refractivity contribution in [2.75, 3.05) is 32.2 Å². The van der Waals surface area contributed by atoms with Crippen LogP contribution in [-0.2, 0) is 51.1 Å². The SMILES string of the molecule is COC(=O)C[C@H](C(=O)N1CCC[C@H]1C(=O)Cc1ccc([C@H]2CC[C@H](c3ccc(CC(=O)[C@@H]4CCCN4C(=O)[C@@H](CC(=O)OC)C(C)(C)C)cc3)N2c2ccc(F)cc2)cc1)C(C)(C)C. The second-order valence-electron chi connectivity index (χ2n) is 20.0. The van der Waals surface area contributed by atoms with Crippen LogP contribution in [0.3, 0.4) is 0 Å². The Bertz CT molecular complexity index is 2030. The summed E-state index contributed by atoms with van der Waals surface area (Å²) in [5, 5.41) is 0. The molecule has 3 heterocycles. The number of hydrogen-bond donors (Lipinski definition) is 0. The van der Waals surface area contributed by atoms with E-state index in [9.17, 15) is 33.2 Å². The van der Waals surface area contributed by atoms with E-state index in [1.807, 2.05) is 65.8 Å². The van der Waals surface area contributed by atoms with Crippen LogP contribution in [0.4, 0.5) is 10.1 Å². The van der Waals surface area contributed by atoms with Crippen molar-refractivity contribution in [3.63, 3.8) is 0 Å². The Morgan fingerprint density at radius 2 is 0.953 bits per heavy atom. The van der Waals surface area contributed by atoms with Gasteiger partial charge >= 0.3 is 11.9 Å². The average Bonchev–Trinajstić information content (AvgIpc) is 4.05. The zero-order valence-electron chi connectivity index (χ0n) is 38.9. The highest BCUT2D eigenvalue weighted by atomic mass is 19.1. The molecule has 3 saturated heterocycles. The molecule has 0 saturated carbocycles. The van der Waals surface area contributed by atoms with Crippen LogP contribution in [0.5, 0.6) is 0 Å². The molecule has 0 unspecified atom stereocenters. The Morgan fingerprint density at radius 1 is 0.578 bits per heavy atom. The van der Waals surface area contributed by atoms with Crippen molar-refractivity contribution < 1.29 is 42.6 Å². The molecular formula is C52H66FN3O8. The van der Waals surface area contributed by atoms with Crippen LogP contribution in [0.15, 0.2) is 72.8 Å². The van der Waals surface area contributed by atoms with Crippen molar-refractivity contribution in [1.82, 2.24) is 9.80 Å². The first-order valence-corrected chi connectivity index (χ1v) is 22.8. The van der Waals surface area contributed by atoms with Crippen LogP contribution in [0.1, 0.15) is 127 Å². The summed E-state index contributed by atoms with van der Waals surface area (Å²) in [6.45, 7) is 12.5. The standard InChI is InChI=1S/C52H66FN3O8/c1-51(2,3)39(31-47(59)63-7)49(61)54-27-9-11-43(54)45(57)29-33-13-17-35(18-14-33)41-25-26-42(56(41)38-23-21-37(53)22-24-38)36-19-15-34(16-20-36)30-46(58)44-12-10-28-55(44)50(62)40(52(4,5)6)32-48(60)64-8/h13-24,39-44H,9-12,25-32H2,1-8H3/t39-,40-,41-,42-,43+,44+/m1/s1. The van der Waals surface area contributed by atoms with Crippen molar-refractivity contribution in [2.24, 2.45) is 22.7 Å². The van der Waals surface area contributed by atoms with Crippen molar-refractivity contribution >= 4 is 41.0 Å². The molecule has 0 N–H and O–H groups in total. The zero-order chi connectivity index (χ0) is 46.5. The van der Waals surface area contributed by atoms with Crippen LogP contribution in [0, 0.1) is 28.5 Å². The van der Waals surface area contributed by atoms with Crippen molar-refractivity contribution in [1.29, 1.82) is 0 Å². The smallest absolute Gasteiger partial charge is 0.306 e. The molecule has 3 aliphatic heterocycles. The second kappa shape index (κ2) is 20.2. The van der Waals surface area contributed by atoms with Gasteiger partial charge in [0.05, 0.1) is 63.1 Å². The van der Waals surface area contributed by atoms with E-state index in [-0.39, 0.29) is 67.0 Å². The second-order valence-corrected chi connectivity index (χ2v) is 20.0. The minimum absolute atomic E-state index is 0.0257. The third-order valence-corrected chi connectivity index (χ3v) is 13.7. The number of amides is 2. The Kier molecular flexibility index (Phi) is 15.2. The van der Waals surface area contributed by atoms with Gasteiger partial charge in [-0.3, -0.25) is 28.8 Å². The monoisotopic (exact) mass is 879 g/mol. The number of esters is 2. The van der Waals surface area contributed by atoms with Gasteiger partial charge in [-0.15, -0.1) is 0 Å². The number of likely N-dealkylation sites (tertiary alicyclic amines) is 2. The largest absolute Gasteiger partial charge is 0.469 e. The summed E-state index contributed by atoms with van der Waals surface area (Å²) in [5.74, 6) is -2.84. The molecule has 3 fully saturated rings. The van der Waals surface area contributed by atoms with E-state index in [4.69, 9.17) is 9.47 Å². The highest BCUT2D eigenvalue weighted by Gasteiger charge is 2.44. The number of carbonyl (C=O) groups is 6. The Balaban J connectivity index is 1.14. The van der Waals surface area contributed by atoms with Gasteiger partial charge in [0, 0.05) is 31.6 Å². The van der Waals surface area contributed by atoms with E-state index in [0.717, 1.165) is 53.6 Å². The molecule has 0 spiro atoms. The molecule has 0 aromatic heterocycles. The molecule has 3 aromatic rings. The number of benzene rings is 3. The minimum atomic E-state index is -0.602. The molecule has 344 valence electrons. The Labute approximate surface area is 378 Å². The number of carbonyl (C=O) groups excluding carboxylic acids is 6. The van der Waals surface area contributed by atoms with E-state index < -0.39 is 46.7 Å². The fourth-order valence-corrected chi connectivity index (χ4v) is 9.95. The molecule has 3 aromatic carbocycles. The molecule has 0 bridgehead atoms. The lowest BCUT2D eigenvalue weighted by molar-refractivity contribution is -0.151. The third kappa shape index (κ3) is 11.1. The van der Waals surface area contributed by atoms with E-state index in [0.29, 0.717) is 25.9 Å². The summed E-state index contributed by atoms with van der Waals surface area (Å²) in [6.07, 6.45) is 4.56. The van der Waals surface area contributed by atoms with Gasteiger partial charge < -0.3 is 24.2 Å². The first-order chi connectivity index (χ1) is 30.3. The first kappa shape index (κ1) is 48.1. The van der Waals surface area contributed by atoms with Crippen molar-refractivity contribution in [3.8, 4) is 0 Å². The fraction of sp³-hybridized carbons (Fsp3) is 0.538. The third-order valence-electron chi connectivity index (χ3n) is 13.7. The minimum Gasteiger partial charge on any atom is -0.469 e. The number of hydrogen-bond acceptors (Lipinski definition) is 9. The summed E-state index contributed by atoms with van der Waals surface area (Å²) in [5.41, 5.74) is 3.73. The molecule has 0 aliphatic carbocycles. The predicted octanol–water partition coefficient (Wildman–Crippen LogP) is 8.56. The molecule has 6 atom stereocenters. The molecule has 11 nitrogen and oxygen atoms in total. The maximum Gasteiger partial charge on any atom is 0.306 e. The predicted molar refractivity (Wildman–Crippen MR) is 243 cm³/mol. The lowest BCUT2D eigenvalue weighted by Crippen LogP contribution is -2.47. The molecule has 64 heavy (non-hydrogen) atoms. The zero-order valence-corrected chi connectivity index (χ0v) is 38.9. The maximum atomic E-state index is 14.2. The first-order valence-electron chi connectivity index (χ1n) is 22.8. The number of ether oxygens (including phenoxy) is 2. The quantitative estimate of drug-likeness (QED) is 0.138. The Hall–Kier alpha value is -5.39. The fourth-order valence-electron chi connectivity index (χ4n) is 9.95.